The lowest BCUT2D eigenvalue weighted by atomic mass is 9.99. The lowest BCUT2D eigenvalue weighted by Crippen LogP contribution is -2.42. The van der Waals surface area contributed by atoms with Gasteiger partial charge in [-0.25, -0.2) is 0 Å². The molecule has 0 amide bonds. The highest BCUT2D eigenvalue weighted by Crippen LogP contribution is 2.22. The van der Waals surface area contributed by atoms with Crippen LogP contribution in [0.3, 0.4) is 0 Å². The third-order valence-electron chi connectivity index (χ3n) is 5.71. The second kappa shape index (κ2) is 8.04. The Hall–Kier alpha value is -2.83. The van der Waals surface area contributed by atoms with E-state index in [2.05, 4.69) is 66.6 Å². The maximum atomic E-state index is 4.38. The Morgan fingerprint density at radius 3 is 2.96 bits per heavy atom. The van der Waals surface area contributed by atoms with Crippen molar-refractivity contribution in [3.05, 3.63) is 47.2 Å². The van der Waals surface area contributed by atoms with Gasteiger partial charge in [0.25, 0.3) is 0 Å². The number of aromatic nitrogens is 4. The van der Waals surface area contributed by atoms with E-state index in [1.165, 1.54) is 22.2 Å². The minimum Gasteiger partial charge on any atom is -0.358 e. The number of aryl methyl sites for hydroxylation is 3. The summed E-state index contributed by atoms with van der Waals surface area (Å²) in [6, 6.07) is 8.49. The molecule has 1 unspecified atom stereocenters. The molecule has 0 spiro atoms. The first-order valence-corrected chi connectivity index (χ1v) is 10.0. The fraction of sp³-hybridized carbons (Fsp3) is 0.476. The number of nitrogens with one attached hydrogen (secondary N) is 3. The standard InChI is InChI=1S/C21H29N7/c1-14-17(18-6-4-5-7-19(18)25-14)10-11-23-21(22-3)24-12-16-8-9-20-27-26-15(2)28(20)13-16/h4-7,16,25H,8-13H2,1-3H3,(H2,22,23,24). The summed E-state index contributed by atoms with van der Waals surface area (Å²) in [7, 11) is 1.83. The minimum atomic E-state index is 0.566. The quantitative estimate of drug-likeness (QED) is 0.469. The first-order chi connectivity index (χ1) is 13.7. The second-order valence-corrected chi connectivity index (χ2v) is 7.58. The number of fused-ring (bicyclic) bond motifs is 2. The first-order valence-electron chi connectivity index (χ1n) is 10.0. The Morgan fingerprint density at radius 1 is 1.25 bits per heavy atom. The summed E-state index contributed by atoms with van der Waals surface area (Å²) in [4.78, 5) is 7.85. The van der Waals surface area contributed by atoms with E-state index >= 15 is 0 Å². The van der Waals surface area contributed by atoms with Crippen LogP contribution in [0, 0.1) is 19.8 Å². The molecule has 0 aliphatic carbocycles. The van der Waals surface area contributed by atoms with Crippen molar-refractivity contribution in [2.24, 2.45) is 10.9 Å². The molecule has 1 aromatic carbocycles. The monoisotopic (exact) mass is 379 g/mol. The number of nitrogens with zero attached hydrogens (tertiary/aromatic N) is 4. The van der Waals surface area contributed by atoms with Crippen LogP contribution >= 0.6 is 0 Å². The number of aromatic amines is 1. The third-order valence-corrected chi connectivity index (χ3v) is 5.71. The van der Waals surface area contributed by atoms with Crippen molar-refractivity contribution in [1.82, 2.24) is 30.4 Å². The van der Waals surface area contributed by atoms with Gasteiger partial charge in [-0.05, 0) is 44.2 Å². The van der Waals surface area contributed by atoms with Crippen LogP contribution in [0.1, 0.15) is 29.3 Å². The Balaban J connectivity index is 1.28. The van der Waals surface area contributed by atoms with E-state index < -0.39 is 0 Å². The van der Waals surface area contributed by atoms with Gasteiger partial charge in [0.1, 0.15) is 11.6 Å². The molecule has 0 fully saturated rings. The molecule has 1 aliphatic rings. The average molecular weight is 380 g/mol. The molecule has 148 valence electrons. The normalized spacial score (nSPS) is 17.0. The molecule has 0 saturated heterocycles. The molecule has 0 radical (unpaired) electrons. The molecule has 7 nitrogen and oxygen atoms in total. The number of benzene rings is 1. The highest BCUT2D eigenvalue weighted by atomic mass is 15.3. The zero-order valence-electron chi connectivity index (χ0n) is 16.9. The molecule has 0 bridgehead atoms. The van der Waals surface area contributed by atoms with Gasteiger partial charge in [0.2, 0.25) is 0 Å². The number of rotatable bonds is 5. The Bertz CT molecular complexity index is 982. The minimum absolute atomic E-state index is 0.566. The highest BCUT2D eigenvalue weighted by molar-refractivity contribution is 5.84. The molecule has 4 rings (SSSR count). The summed E-state index contributed by atoms with van der Waals surface area (Å²) in [5.74, 6) is 3.56. The summed E-state index contributed by atoms with van der Waals surface area (Å²) >= 11 is 0. The zero-order valence-corrected chi connectivity index (χ0v) is 16.9. The lowest BCUT2D eigenvalue weighted by molar-refractivity contribution is 0.358. The molecule has 3 heterocycles. The van der Waals surface area contributed by atoms with E-state index in [0.29, 0.717) is 5.92 Å². The Labute approximate surface area is 165 Å². The van der Waals surface area contributed by atoms with Gasteiger partial charge in [0, 0.05) is 49.7 Å². The van der Waals surface area contributed by atoms with Gasteiger partial charge in [-0.1, -0.05) is 18.2 Å². The van der Waals surface area contributed by atoms with Crippen molar-refractivity contribution in [3.8, 4) is 0 Å². The maximum absolute atomic E-state index is 4.38. The number of guanidine groups is 1. The van der Waals surface area contributed by atoms with Crippen molar-refractivity contribution in [2.75, 3.05) is 20.1 Å². The van der Waals surface area contributed by atoms with Gasteiger partial charge in [0.15, 0.2) is 5.96 Å². The van der Waals surface area contributed by atoms with Crippen molar-refractivity contribution < 1.29 is 0 Å². The first kappa shape index (κ1) is 18.5. The number of para-hydroxylation sites is 1. The van der Waals surface area contributed by atoms with E-state index in [4.69, 9.17) is 0 Å². The number of hydrogen-bond acceptors (Lipinski definition) is 3. The smallest absolute Gasteiger partial charge is 0.190 e. The molecule has 3 aromatic rings. The zero-order chi connectivity index (χ0) is 19.5. The molecule has 2 aromatic heterocycles. The van der Waals surface area contributed by atoms with Crippen LogP contribution in [0.4, 0.5) is 0 Å². The fourth-order valence-corrected chi connectivity index (χ4v) is 4.12. The molecule has 0 saturated carbocycles. The Kier molecular flexibility index (Phi) is 5.32. The average Bonchev–Trinajstić information content (AvgIpc) is 3.24. The molecule has 1 aliphatic heterocycles. The van der Waals surface area contributed by atoms with Crippen LogP contribution in [-0.4, -0.2) is 45.8 Å². The van der Waals surface area contributed by atoms with Crippen LogP contribution in [-0.2, 0) is 19.4 Å². The molecule has 1 atom stereocenters. The largest absolute Gasteiger partial charge is 0.358 e. The van der Waals surface area contributed by atoms with Crippen molar-refractivity contribution in [2.45, 2.75) is 39.7 Å². The summed E-state index contributed by atoms with van der Waals surface area (Å²) in [5, 5.41) is 16.7. The van der Waals surface area contributed by atoms with Crippen molar-refractivity contribution in [3.63, 3.8) is 0 Å². The van der Waals surface area contributed by atoms with Gasteiger partial charge in [0.05, 0.1) is 0 Å². The SMILES string of the molecule is CN=C(NCCc1c(C)[nH]c2ccccc12)NCC1CCc2nnc(C)n2C1. The van der Waals surface area contributed by atoms with Gasteiger partial charge in [-0.2, -0.15) is 0 Å². The van der Waals surface area contributed by atoms with Crippen LogP contribution in [0.2, 0.25) is 0 Å². The molecular weight excluding hydrogens is 350 g/mol. The summed E-state index contributed by atoms with van der Waals surface area (Å²) in [5.41, 5.74) is 3.83. The fourth-order valence-electron chi connectivity index (χ4n) is 4.12. The molecule has 28 heavy (non-hydrogen) atoms. The summed E-state index contributed by atoms with van der Waals surface area (Å²) in [6.07, 6.45) is 3.10. The summed E-state index contributed by atoms with van der Waals surface area (Å²) < 4.78 is 2.24. The van der Waals surface area contributed by atoms with Gasteiger partial charge in [-0.15, -0.1) is 10.2 Å². The molecular formula is C21H29N7. The van der Waals surface area contributed by atoms with E-state index in [1.807, 2.05) is 14.0 Å². The Morgan fingerprint density at radius 2 is 2.11 bits per heavy atom. The second-order valence-electron chi connectivity index (χ2n) is 7.58. The number of hydrogen-bond donors (Lipinski definition) is 3. The van der Waals surface area contributed by atoms with Gasteiger partial charge in [-0.3, -0.25) is 4.99 Å². The third kappa shape index (κ3) is 3.74. The number of H-pyrrole nitrogens is 1. The topological polar surface area (TPSA) is 82.9 Å². The van der Waals surface area contributed by atoms with E-state index in [9.17, 15) is 0 Å². The van der Waals surface area contributed by atoms with E-state index in [0.717, 1.165) is 56.5 Å². The van der Waals surface area contributed by atoms with E-state index in [1.54, 1.807) is 0 Å². The van der Waals surface area contributed by atoms with Crippen molar-refractivity contribution >= 4 is 16.9 Å². The summed E-state index contributed by atoms with van der Waals surface area (Å²) in [6.45, 7) is 6.91. The lowest BCUT2D eigenvalue weighted by Gasteiger charge is -2.25. The maximum Gasteiger partial charge on any atom is 0.190 e. The van der Waals surface area contributed by atoms with Gasteiger partial charge < -0.3 is 20.2 Å². The molecule has 7 heteroatoms. The predicted octanol–water partition coefficient (Wildman–Crippen LogP) is 2.35. The van der Waals surface area contributed by atoms with E-state index in [-0.39, 0.29) is 0 Å². The van der Waals surface area contributed by atoms with Crippen LogP contribution in [0.5, 0.6) is 0 Å². The van der Waals surface area contributed by atoms with Crippen LogP contribution < -0.4 is 10.6 Å². The highest BCUT2D eigenvalue weighted by Gasteiger charge is 2.21. The van der Waals surface area contributed by atoms with Crippen molar-refractivity contribution in [1.29, 1.82) is 0 Å². The van der Waals surface area contributed by atoms with Crippen LogP contribution in [0.25, 0.3) is 10.9 Å². The number of aliphatic imine (C=N–C) groups is 1. The van der Waals surface area contributed by atoms with Crippen LogP contribution in [0.15, 0.2) is 29.3 Å². The molecule has 3 N–H and O–H groups in total. The predicted molar refractivity (Wildman–Crippen MR) is 113 cm³/mol. The van der Waals surface area contributed by atoms with Gasteiger partial charge >= 0.3 is 0 Å².